The first-order chi connectivity index (χ1) is 16.2. The van der Waals surface area contributed by atoms with Gasteiger partial charge in [-0.2, -0.15) is 4.98 Å². The van der Waals surface area contributed by atoms with Gasteiger partial charge in [0.25, 0.3) is 0 Å². The molecule has 0 unspecified atom stereocenters. The lowest BCUT2D eigenvalue weighted by Crippen LogP contribution is -2.30. The zero-order valence-electron chi connectivity index (χ0n) is 19.1. The lowest BCUT2D eigenvalue weighted by molar-refractivity contribution is 0.201. The van der Waals surface area contributed by atoms with Gasteiger partial charge in [0.15, 0.2) is 11.5 Å². The Morgan fingerprint density at radius 3 is 2.45 bits per heavy atom. The lowest BCUT2D eigenvalue weighted by Gasteiger charge is -2.29. The van der Waals surface area contributed by atoms with Crippen LogP contribution in [-0.4, -0.2) is 36.3 Å². The van der Waals surface area contributed by atoms with Crippen molar-refractivity contribution in [1.82, 2.24) is 9.97 Å². The van der Waals surface area contributed by atoms with E-state index in [0.717, 1.165) is 72.6 Å². The van der Waals surface area contributed by atoms with Crippen LogP contribution in [0, 0.1) is 5.82 Å². The average molecular weight is 451 g/mol. The molecule has 0 radical (unpaired) electrons. The highest BCUT2D eigenvalue weighted by Gasteiger charge is 2.22. The fraction of sp³-hybridized carbons (Fsp3) is 0.462. The van der Waals surface area contributed by atoms with Crippen LogP contribution in [0.5, 0.6) is 11.5 Å². The molecule has 2 fully saturated rings. The minimum absolute atomic E-state index is 0.232. The Hall–Kier alpha value is -3.09. The van der Waals surface area contributed by atoms with Gasteiger partial charge in [-0.25, -0.2) is 9.37 Å². The molecule has 1 aliphatic heterocycles. The van der Waals surface area contributed by atoms with Crippen LogP contribution in [-0.2, 0) is 6.54 Å². The number of halogens is 1. The molecule has 0 spiro atoms. The van der Waals surface area contributed by atoms with E-state index in [1.807, 2.05) is 12.1 Å². The topological polar surface area (TPSA) is 59.5 Å². The van der Waals surface area contributed by atoms with Gasteiger partial charge in [0.2, 0.25) is 5.95 Å². The Bertz CT molecular complexity index is 1090. The van der Waals surface area contributed by atoms with Gasteiger partial charge in [0.1, 0.15) is 11.6 Å². The van der Waals surface area contributed by atoms with Crippen LogP contribution in [0.1, 0.15) is 50.5 Å². The van der Waals surface area contributed by atoms with Crippen molar-refractivity contribution in [2.45, 2.75) is 57.6 Å². The monoisotopic (exact) mass is 450 g/mol. The first-order valence-electron chi connectivity index (χ1n) is 12.0. The van der Waals surface area contributed by atoms with E-state index in [9.17, 15) is 4.39 Å². The van der Waals surface area contributed by atoms with Gasteiger partial charge in [0.05, 0.1) is 18.7 Å². The SMILES string of the molecule is COc1cc2c(N3CCCCC3)nc(NCc3ccc(F)cc3)nc2cc1OC1CCCC1. The van der Waals surface area contributed by atoms with Crippen LogP contribution >= 0.6 is 0 Å². The molecule has 6 nitrogen and oxygen atoms in total. The highest BCUT2D eigenvalue weighted by molar-refractivity contribution is 5.93. The largest absolute Gasteiger partial charge is 0.493 e. The summed E-state index contributed by atoms with van der Waals surface area (Å²) in [5, 5.41) is 4.30. The van der Waals surface area contributed by atoms with Gasteiger partial charge in [-0.3, -0.25) is 0 Å². The Balaban J connectivity index is 1.51. The molecule has 5 rings (SSSR count). The Kier molecular flexibility index (Phi) is 6.46. The molecule has 1 N–H and O–H groups in total. The third kappa shape index (κ3) is 4.97. The predicted octanol–water partition coefficient (Wildman–Crippen LogP) is 5.70. The molecule has 7 heteroatoms. The summed E-state index contributed by atoms with van der Waals surface area (Å²) in [6.07, 6.45) is 8.36. The van der Waals surface area contributed by atoms with Crippen molar-refractivity contribution in [1.29, 1.82) is 0 Å². The third-order valence-electron chi connectivity index (χ3n) is 6.58. The van der Waals surface area contributed by atoms with Gasteiger partial charge in [-0.15, -0.1) is 0 Å². The number of piperidine rings is 1. The maximum Gasteiger partial charge on any atom is 0.225 e. The van der Waals surface area contributed by atoms with Crippen molar-refractivity contribution < 1.29 is 13.9 Å². The highest BCUT2D eigenvalue weighted by Crippen LogP contribution is 2.38. The summed E-state index contributed by atoms with van der Waals surface area (Å²) in [5.74, 6) is 2.71. The second-order valence-corrected chi connectivity index (χ2v) is 8.94. The van der Waals surface area contributed by atoms with E-state index >= 15 is 0 Å². The molecule has 2 aliphatic rings. The standard InChI is InChI=1S/C26H31FN4O2/c1-32-23-15-21-22(16-24(23)33-20-7-3-4-8-20)29-26(28-17-18-9-11-19(27)12-10-18)30-25(21)31-13-5-2-6-14-31/h9-12,15-16,20H,2-8,13-14,17H2,1H3,(H,28,29,30). The molecular formula is C26H31FN4O2. The number of anilines is 2. The fourth-order valence-corrected chi connectivity index (χ4v) is 4.77. The maximum absolute atomic E-state index is 13.3. The van der Waals surface area contributed by atoms with E-state index in [2.05, 4.69) is 10.2 Å². The number of nitrogens with zero attached hydrogens (tertiary/aromatic N) is 3. The molecular weight excluding hydrogens is 419 g/mol. The van der Waals surface area contributed by atoms with Gasteiger partial charge in [0, 0.05) is 31.1 Å². The number of ether oxygens (including phenoxy) is 2. The summed E-state index contributed by atoms with van der Waals surface area (Å²) in [6, 6.07) is 10.5. The van der Waals surface area contributed by atoms with Crippen LogP contribution in [0.2, 0.25) is 0 Å². The summed E-state index contributed by atoms with van der Waals surface area (Å²) in [4.78, 5) is 12.1. The number of hydrogen-bond donors (Lipinski definition) is 1. The molecule has 0 bridgehead atoms. The van der Waals surface area contributed by atoms with Crippen LogP contribution in [0.4, 0.5) is 16.2 Å². The quantitative estimate of drug-likeness (QED) is 0.498. The van der Waals surface area contributed by atoms with Gasteiger partial charge in [-0.05, 0) is 68.7 Å². The Morgan fingerprint density at radius 2 is 1.73 bits per heavy atom. The van der Waals surface area contributed by atoms with E-state index in [1.165, 1.54) is 31.4 Å². The number of aromatic nitrogens is 2. The predicted molar refractivity (Wildman–Crippen MR) is 129 cm³/mol. The van der Waals surface area contributed by atoms with Gasteiger partial charge < -0.3 is 19.7 Å². The smallest absolute Gasteiger partial charge is 0.225 e. The molecule has 2 aromatic carbocycles. The highest BCUT2D eigenvalue weighted by atomic mass is 19.1. The molecule has 174 valence electrons. The van der Waals surface area contributed by atoms with Crippen LogP contribution in [0.25, 0.3) is 10.9 Å². The molecule has 0 amide bonds. The van der Waals surface area contributed by atoms with Crippen molar-refractivity contribution in [3.63, 3.8) is 0 Å². The number of rotatable bonds is 7. The maximum atomic E-state index is 13.3. The Morgan fingerprint density at radius 1 is 0.970 bits per heavy atom. The van der Waals surface area contributed by atoms with Gasteiger partial charge in [-0.1, -0.05) is 12.1 Å². The minimum atomic E-state index is -0.239. The normalized spacial score (nSPS) is 16.8. The number of hydrogen-bond acceptors (Lipinski definition) is 6. The summed E-state index contributed by atoms with van der Waals surface area (Å²) < 4.78 is 25.3. The van der Waals surface area contributed by atoms with Crippen molar-refractivity contribution >= 4 is 22.7 Å². The van der Waals surface area contributed by atoms with Crippen molar-refractivity contribution in [3.05, 3.63) is 47.8 Å². The van der Waals surface area contributed by atoms with E-state index in [0.29, 0.717) is 12.5 Å². The minimum Gasteiger partial charge on any atom is -0.493 e. The van der Waals surface area contributed by atoms with Crippen LogP contribution in [0.3, 0.4) is 0 Å². The van der Waals surface area contributed by atoms with E-state index in [4.69, 9.17) is 19.4 Å². The second kappa shape index (κ2) is 9.81. The molecule has 1 aromatic heterocycles. The van der Waals surface area contributed by atoms with E-state index < -0.39 is 0 Å². The van der Waals surface area contributed by atoms with E-state index in [-0.39, 0.29) is 11.9 Å². The third-order valence-corrected chi connectivity index (χ3v) is 6.58. The average Bonchev–Trinajstić information content (AvgIpc) is 3.36. The summed E-state index contributed by atoms with van der Waals surface area (Å²) in [7, 11) is 1.68. The number of benzene rings is 2. The van der Waals surface area contributed by atoms with E-state index in [1.54, 1.807) is 19.2 Å². The van der Waals surface area contributed by atoms with Crippen molar-refractivity contribution in [2.24, 2.45) is 0 Å². The second-order valence-electron chi connectivity index (χ2n) is 8.94. The van der Waals surface area contributed by atoms with Crippen molar-refractivity contribution in [2.75, 3.05) is 30.4 Å². The molecule has 2 heterocycles. The van der Waals surface area contributed by atoms with Crippen LogP contribution in [0.15, 0.2) is 36.4 Å². The zero-order chi connectivity index (χ0) is 22.6. The first kappa shape index (κ1) is 21.7. The van der Waals surface area contributed by atoms with Crippen LogP contribution < -0.4 is 19.7 Å². The molecule has 0 atom stereocenters. The summed E-state index contributed by atoms with van der Waals surface area (Å²) in [5.41, 5.74) is 1.81. The molecule has 1 saturated heterocycles. The van der Waals surface area contributed by atoms with Gasteiger partial charge >= 0.3 is 0 Å². The molecule has 1 aliphatic carbocycles. The number of nitrogens with one attached hydrogen (secondary N) is 1. The first-order valence-corrected chi connectivity index (χ1v) is 12.0. The summed E-state index contributed by atoms with van der Waals surface area (Å²) >= 11 is 0. The fourth-order valence-electron chi connectivity index (χ4n) is 4.77. The molecule has 1 saturated carbocycles. The molecule has 33 heavy (non-hydrogen) atoms. The molecule has 3 aromatic rings. The zero-order valence-corrected chi connectivity index (χ0v) is 19.1. The summed E-state index contributed by atoms with van der Waals surface area (Å²) in [6.45, 7) is 2.48. The number of fused-ring (bicyclic) bond motifs is 1. The van der Waals surface area contributed by atoms with Crippen molar-refractivity contribution in [3.8, 4) is 11.5 Å². The Labute approximate surface area is 194 Å². The lowest BCUT2D eigenvalue weighted by atomic mass is 10.1. The number of methoxy groups -OCH3 is 1.